The third-order valence-electron chi connectivity index (χ3n) is 3.92. The van der Waals surface area contributed by atoms with Crippen molar-refractivity contribution < 1.29 is 27.8 Å². The molecule has 0 saturated heterocycles. The maximum absolute atomic E-state index is 12.1. The van der Waals surface area contributed by atoms with Gasteiger partial charge in [0, 0.05) is 12.5 Å². The van der Waals surface area contributed by atoms with E-state index in [2.05, 4.69) is 10.1 Å². The van der Waals surface area contributed by atoms with E-state index in [1.165, 1.54) is 12.1 Å². The number of alkyl halides is 3. The SMILES string of the molecule is CCC(O)CCNC(=O)C1CC1c1ccc(OC(F)(F)F)cc1. The van der Waals surface area contributed by atoms with E-state index >= 15 is 0 Å². The standard InChI is InChI=1S/C16H20F3NO3/c1-2-11(21)7-8-20-15(22)14-9-13(14)10-3-5-12(6-4-10)23-16(17,18)19/h3-6,11,13-14,21H,2,7-9H2,1H3,(H,20,22). The molecule has 3 atom stereocenters. The molecule has 0 radical (unpaired) electrons. The van der Waals surface area contributed by atoms with Crippen molar-refractivity contribution in [3.05, 3.63) is 29.8 Å². The van der Waals surface area contributed by atoms with Crippen LogP contribution in [-0.2, 0) is 4.79 Å². The van der Waals surface area contributed by atoms with Crippen LogP contribution >= 0.6 is 0 Å². The van der Waals surface area contributed by atoms with Gasteiger partial charge >= 0.3 is 6.36 Å². The zero-order chi connectivity index (χ0) is 17.0. The lowest BCUT2D eigenvalue weighted by Gasteiger charge is -2.10. The fourth-order valence-electron chi connectivity index (χ4n) is 2.47. The van der Waals surface area contributed by atoms with Gasteiger partial charge in [-0.15, -0.1) is 13.2 Å². The van der Waals surface area contributed by atoms with E-state index in [-0.39, 0.29) is 23.5 Å². The highest BCUT2D eigenvalue weighted by Gasteiger charge is 2.43. The fraction of sp³-hybridized carbons (Fsp3) is 0.562. The first-order valence-electron chi connectivity index (χ1n) is 7.61. The molecule has 3 unspecified atom stereocenters. The van der Waals surface area contributed by atoms with Crippen LogP contribution in [0.5, 0.6) is 5.75 Å². The molecular weight excluding hydrogens is 311 g/mol. The maximum atomic E-state index is 12.1. The van der Waals surface area contributed by atoms with Crippen molar-refractivity contribution in [1.29, 1.82) is 0 Å². The third kappa shape index (κ3) is 5.42. The van der Waals surface area contributed by atoms with Gasteiger partial charge in [0.25, 0.3) is 0 Å². The minimum Gasteiger partial charge on any atom is -0.406 e. The minimum absolute atomic E-state index is 0.0334. The number of amides is 1. The Morgan fingerprint density at radius 2 is 2.04 bits per heavy atom. The van der Waals surface area contributed by atoms with Gasteiger partial charge in [-0.3, -0.25) is 4.79 Å². The van der Waals surface area contributed by atoms with Crippen LogP contribution in [0.3, 0.4) is 0 Å². The Bertz CT molecular complexity index is 530. The molecule has 1 amide bonds. The number of carbonyl (C=O) groups is 1. The van der Waals surface area contributed by atoms with Gasteiger partial charge < -0.3 is 15.2 Å². The van der Waals surface area contributed by atoms with Crippen molar-refractivity contribution in [1.82, 2.24) is 5.32 Å². The summed E-state index contributed by atoms with van der Waals surface area (Å²) in [6.07, 6.45) is -3.27. The summed E-state index contributed by atoms with van der Waals surface area (Å²) in [7, 11) is 0. The predicted molar refractivity (Wildman–Crippen MR) is 77.9 cm³/mol. The summed E-state index contributed by atoms with van der Waals surface area (Å²) in [6, 6.07) is 5.63. The Labute approximate surface area is 132 Å². The van der Waals surface area contributed by atoms with Crippen LogP contribution in [0.15, 0.2) is 24.3 Å². The average molecular weight is 331 g/mol. The number of aliphatic hydroxyl groups is 1. The van der Waals surface area contributed by atoms with Crippen LogP contribution in [0.1, 0.15) is 37.7 Å². The van der Waals surface area contributed by atoms with E-state index in [0.29, 0.717) is 25.8 Å². The molecule has 7 heteroatoms. The number of hydrogen-bond acceptors (Lipinski definition) is 3. The van der Waals surface area contributed by atoms with E-state index in [9.17, 15) is 23.1 Å². The summed E-state index contributed by atoms with van der Waals surface area (Å²) in [5.74, 6) is -0.459. The van der Waals surface area contributed by atoms with Gasteiger partial charge in [-0.2, -0.15) is 0 Å². The highest BCUT2D eigenvalue weighted by molar-refractivity contribution is 5.82. The lowest BCUT2D eigenvalue weighted by Crippen LogP contribution is -2.28. The lowest BCUT2D eigenvalue weighted by molar-refractivity contribution is -0.274. The molecule has 0 bridgehead atoms. The zero-order valence-electron chi connectivity index (χ0n) is 12.8. The van der Waals surface area contributed by atoms with E-state index in [0.717, 1.165) is 5.56 Å². The van der Waals surface area contributed by atoms with E-state index in [1.807, 2.05) is 6.92 Å². The van der Waals surface area contributed by atoms with Crippen molar-refractivity contribution in [3.63, 3.8) is 0 Å². The number of carbonyl (C=O) groups excluding carboxylic acids is 1. The lowest BCUT2D eigenvalue weighted by atomic mass is 10.1. The molecule has 1 fully saturated rings. The summed E-state index contributed by atoms with van der Waals surface area (Å²) < 4.78 is 40.1. The van der Waals surface area contributed by atoms with Crippen LogP contribution < -0.4 is 10.1 Å². The van der Waals surface area contributed by atoms with Crippen molar-refractivity contribution in [2.75, 3.05) is 6.54 Å². The smallest absolute Gasteiger partial charge is 0.406 e. The molecule has 1 aliphatic carbocycles. The van der Waals surface area contributed by atoms with Gasteiger partial charge in [0.15, 0.2) is 0 Å². The quantitative estimate of drug-likeness (QED) is 0.808. The molecule has 2 rings (SSSR count). The van der Waals surface area contributed by atoms with E-state index in [1.54, 1.807) is 12.1 Å². The van der Waals surface area contributed by atoms with Crippen molar-refractivity contribution in [2.24, 2.45) is 5.92 Å². The summed E-state index contributed by atoms with van der Waals surface area (Å²) in [5, 5.41) is 12.2. The Kier molecular flexibility index (Phi) is 5.51. The van der Waals surface area contributed by atoms with Crippen LogP contribution in [0.4, 0.5) is 13.2 Å². The van der Waals surface area contributed by atoms with Gasteiger partial charge in [0.1, 0.15) is 5.75 Å². The van der Waals surface area contributed by atoms with Crippen LogP contribution in [0, 0.1) is 5.92 Å². The summed E-state index contributed by atoms with van der Waals surface area (Å²) in [6.45, 7) is 2.30. The highest BCUT2D eigenvalue weighted by atomic mass is 19.4. The Hall–Kier alpha value is -1.76. The Morgan fingerprint density at radius 1 is 1.39 bits per heavy atom. The molecule has 0 heterocycles. The molecule has 2 N–H and O–H groups in total. The van der Waals surface area contributed by atoms with Gasteiger partial charge in [-0.05, 0) is 42.9 Å². The molecule has 1 saturated carbocycles. The van der Waals surface area contributed by atoms with E-state index in [4.69, 9.17) is 0 Å². The molecule has 1 aromatic carbocycles. The van der Waals surface area contributed by atoms with Crippen LogP contribution in [0.2, 0.25) is 0 Å². The molecule has 4 nitrogen and oxygen atoms in total. The van der Waals surface area contributed by atoms with Gasteiger partial charge in [-0.25, -0.2) is 0 Å². The number of halogens is 3. The second kappa shape index (κ2) is 7.21. The first-order chi connectivity index (χ1) is 10.8. The number of rotatable bonds is 7. The van der Waals surface area contributed by atoms with Gasteiger partial charge in [0.2, 0.25) is 5.91 Å². The van der Waals surface area contributed by atoms with Gasteiger partial charge in [0.05, 0.1) is 6.10 Å². The molecule has 0 aromatic heterocycles. The van der Waals surface area contributed by atoms with Crippen molar-refractivity contribution in [3.8, 4) is 5.75 Å². The second-order valence-corrected chi connectivity index (χ2v) is 5.71. The summed E-state index contributed by atoms with van der Waals surface area (Å²) in [5.41, 5.74) is 0.827. The molecule has 0 spiro atoms. The van der Waals surface area contributed by atoms with Crippen molar-refractivity contribution in [2.45, 2.75) is 44.6 Å². The molecule has 1 aromatic rings. The molecule has 128 valence electrons. The number of benzene rings is 1. The topological polar surface area (TPSA) is 58.6 Å². The Morgan fingerprint density at radius 3 is 2.61 bits per heavy atom. The fourth-order valence-corrected chi connectivity index (χ4v) is 2.47. The third-order valence-corrected chi connectivity index (χ3v) is 3.92. The van der Waals surface area contributed by atoms with Crippen molar-refractivity contribution >= 4 is 5.91 Å². The largest absolute Gasteiger partial charge is 0.573 e. The average Bonchev–Trinajstić information content (AvgIpc) is 3.26. The molecular formula is C16H20F3NO3. The molecule has 23 heavy (non-hydrogen) atoms. The minimum atomic E-state index is -4.70. The van der Waals surface area contributed by atoms with E-state index < -0.39 is 12.5 Å². The first-order valence-corrected chi connectivity index (χ1v) is 7.61. The number of nitrogens with one attached hydrogen (secondary N) is 1. The Balaban J connectivity index is 1.80. The summed E-state index contributed by atoms with van der Waals surface area (Å²) >= 11 is 0. The normalized spacial score (nSPS) is 21.6. The predicted octanol–water partition coefficient (Wildman–Crippen LogP) is 2.97. The second-order valence-electron chi connectivity index (χ2n) is 5.71. The summed E-state index contributed by atoms with van der Waals surface area (Å²) in [4.78, 5) is 11.9. The van der Waals surface area contributed by atoms with Gasteiger partial charge in [-0.1, -0.05) is 19.1 Å². The van der Waals surface area contributed by atoms with Crippen LogP contribution in [0.25, 0.3) is 0 Å². The molecule has 0 aliphatic heterocycles. The molecule has 1 aliphatic rings. The monoisotopic (exact) mass is 331 g/mol. The zero-order valence-corrected chi connectivity index (χ0v) is 12.8. The first kappa shape index (κ1) is 17.6. The number of hydrogen-bond donors (Lipinski definition) is 2. The number of ether oxygens (including phenoxy) is 1. The van der Waals surface area contributed by atoms with Crippen LogP contribution in [-0.4, -0.2) is 30.0 Å². The maximum Gasteiger partial charge on any atom is 0.573 e. The highest BCUT2D eigenvalue weighted by Crippen LogP contribution is 2.47. The number of aliphatic hydroxyl groups excluding tert-OH is 1.